The lowest BCUT2D eigenvalue weighted by atomic mass is 9.77. The first-order valence-electron chi connectivity index (χ1n) is 12.8. The molecule has 5 rings (SSSR count). The summed E-state index contributed by atoms with van der Waals surface area (Å²) in [5.41, 5.74) is 3.85. The summed E-state index contributed by atoms with van der Waals surface area (Å²) in [5, 5.41) is 15.7. The first-order valence-corrected chi connectivity index (χ1v) is 14.5. The van der Waals surface area contributed by atoms with Crippen LogP contribution in [0.3, 0.4) is 0 Å². The molecule has 1 aliphatic carbocycles. The summed E-state index contributed by atoms with van der Waals surface area (Å²) in [4.78, 5) is 26.9. The standard InChI is InChI=1S/C29H29Cl2N3O3S/c1-3-33(4-2)29(35)18-11-14-22-20(15-18)26-21(28(32-22)17-9-12-19(30)13-10-17)16-25(27(26)31)38-24-8-6-5-7-23(24)34(36)37/h5-15,21,25-28,32H,3-4,16H2,1-2H3/t21-,25-,26-,27-,28-/m0/s1. The second-order valence-corrected chi connectivity index (χ2v) is 11.9. The predicted octanol–water partition coefficient (Wildman–Crippen LogP) is 7.77. The van der Waals surface area contributed by atoms with E-state index in [4.69, 9.17) is 23.2 Å². The number of amides is 1. The van der Waals surface area contributed by atoms with E-state index in [9.17, 15) is 14.9 Å². The number of nitrogens with one attached hydrogen (secondary N) is 1. The van der Waals surface area contributed by atoms with Gasteiger partial charge in [0.2, 0.25) is 0 Å². The number of nitro benzene ring substituents is 1. The Morgan fingerprint density at radius 1 is 1.11 bits per heavy atom. The van der Waals surface area contributed by atoms with Gasteiger partial charge in [0, 0.05) is 46.6 Å². The van der Waals surface area contributed by atoms with Crippen LogP contribution in [-0.4, -0.2) is 39.4 Å². The molecule has 2 aliphatic rings. The molecule has 5 atom stereocenters. The molecule has 38 heavy (non-hydrogen) atoms. The highest BCUT2D eigenvalue weighted by Gasteiger charge is 2.50. The molecule has 198 valence electrons. The van der Waals surface area contributed by atoms with Crippen LogP contribution in [0.2, 0.25) is 5.02 Å². The SMILES string of the molecule is CCN(CC)C(=O)c1ccc2c(c1)[C@@H]1[C@@H](Cl)[C@@H](Sc3ccccc3[N+](=O)[O-])C[C@@H]1[C@H](c1ccc(Cl)cc1)N2. The van der Waals surface area contributed by atoms with Gasteiger partial charge < -0.3 is 10.2 Å². The molecule has 3 aromatic rings. The smallest absolute Gasteiger partial charge is 0.282 e. The number of carbonyl (C=O) groups is 1. The van der Waals surface area contributed by atoms with Crippen molar-refractivity contribution in [2.24, 2.45) is 5.92 Å². The normalized spacial score (nSPS) is 23.7. The lowest BCUT2D eigenvalue weighted by Gasteiger charge is -2.38. The van der Waals surface area contributed by atoms with Crippen LogP contribution in [0.5, 0.6) is 0 Å². The Labute approximate surface area is 236 Å². The highest BCUT2D eigenvalue weighted by Crippen LogP contribution is 2.58. The van der Waals surface area contributed by atoms with Crippen molar-refractivity contribution in [1.82, 2.24) is 4.90 Å². The summed E-state index contributed by atoms with van der Waals surface area (Å²) in [6.45, 7) is 5.24. The average molecular weight is 571 g/mol. The van der Waals surface area contributed by atoms with Crippen LogP contribution in [0, 0.1) is 16.0 Å². The molecule has 0 bridgehead atoms. The highest BCUT2D eigenvalue weighted by atomic mass is 35.5. The Balaban J connectivity index is 1.55. The Morgan fingerprint density at radius 3 is 2.50 bits per heavy atom. The van der Waals surface area contributed by atoms with E-state index in [1.807, 2.05) is 67.3 Å². The number of thioether (sulfide) groups is 1. The molecule has 1 saturated carbocycles. The molecule has 1 fully saturated rings. The first-order chi connectivity index (χ1) is 18.3. The van der Waals surface area contributed by atoms with Crippen molar-refractivity contribution in [3.8, 4) is 0 Å². The van der Waals surface area contributed by atoms with Crippen LogP contribution in [0.4, 0.5) is 11.4 Å². The number of para-hydroxylation sites is 1. The lowest BCUT2D eigenvalue weighted by Crippen LogP contribution is -2.33. The molecule has 9 heteroatoms. The van der Waals surface area contributed by atoms with Crippen LogP contribution in [-0.2, 0) is 0 Å². The van der Waals surface area contributed by atoms with Crippen LogP contribution in [0.15, 0.2) is 71.6 Å². The minimum atomic E-state index is -0.341. The fourth-order valence-corrected chi connectivity index (χ4v) is 7.88. The lowest BCUT2D eigenvalue weighted by molar-refractivity contribution is -0.387. The van der Waals surface area contributed by atoms with Crippen molar-refractivity contribution in [3.63, 3.8) is 0 Å². The van der Waals surface area contributed by atoms with Crippen LogP contribution >= 0.6 is 35.0 Å². The molecule has 6 nitrogen and oxygen atoms in total. The maximum Gasteiger partial charge on any atom is 0.282 e. The summed E-state index contributed by atoms with van der Waals surface area (Å²) in [7, 11) is 0. The molecular formula is C29H29Cl2N3O3S. The van der Waals surface area contributed by atoms with Gasteiger partial charge in [-0.25, -0.2) is 0 Å². The fraction of sp³-hybridized carbons (Fsp3) is 0.345. The van der Waals surface area contributed by atoms with Crippen molar-refractivity contribution in [2.45, 2.75) is 47.8 Å². The van der Waals surface area contributed by atoms with E-state index in [0.29, 0.717) is 28.6 Å². The zero-order valence-electron chi connectivity index (χ0n) is 21.1. The maximum absolute atomic E-state index is 13.2. The Kier molecular flexibility index (Phi) is 7.89. The monoisotopic (exact) mass is 569 g/mol. The molecule has 0 spiro atoms. The third-order valence-electron chi connectivity index (χ3n) is 7.68. The van der Waals surface area contributed by atoms with Gasteiger partial charge in [-0.15, -0.1) is 23.4 Å². The fourth-order valence-electron chi connectivity index (χ4n) is 5.81. The van der Waals surface area contributed by atoms with E-state index in [0.717, 1.165) is 23.2 Å². The Bertz CT molecular complexity index is 1350. The van der Waals surface area contributed by atoms with Crippen molar-refractivity contribution in [1.29, 1.82) is 0 Å². The van der Waals surface area contributed by atoms with Crippen molar-refractivity contribution >= 4 is 52.2 Å². The second kappa shape index (κ2) is 11.2. The number of rotatable bonds is 7. The van der Waals surface area contributed by atoms with Crippen LogP contribution in [0.25, 0.3) is 0 Å². The van der Waals surface area contributed by atoms with Gasteiger partial charge in [-0.05, 0) is 73.7 Å². The minimum absolute atomic E-state index is 0.00382. The quantitative estimate of drug-likeness (QED) is 0.178. The number of hydrogen-bond donors (Lipinski definition) is 1. The number of hydrogen-bond acceptors (Lipinski definition) is 5. The van der Waals surface area contributed by atoms with E-state index in [1.54, 1.807) is 12.1 Å². The number of anilines is 1. The number of alkyl halides is 1. The summed E-state index contributed by atoms with van der Waals surface area (Å²) < 4.78 is 0. The average Bonchev–Trinajstić information content (AvgIpc) is 3.25. The largest absolute Gasteiger partial charge is 0.378 e. The predicted molar refractivity (Wildman–Crippen MR) is 155 cm³/mol. The van der Waals surface area contributed by atoms with Crippen molar-refractivity contribution in [3.05, 3.63) is 98.6 Å². The zero-order chi connectivity index (χ0) is 27.0. The molecule has 1 amide bonds. The van der Waals surface area contributed by atoms with Gasteiger partial charge in [-0.2, -0.15) is 0 Å². The van der Waals surface area contributed by atoms with Crippen LogP contribution in [0.1, 0.15) is 53.7 Å². The number of halogens is 2. The zero-order valence-corrected chi connectivity index (χ0v) is 23.5. The molecule has 1 N–H and O–H groups in total. The number of nitrogens with zero attached hydrogens (tertiary/aromatic N) is 2. The molecule has 1 aliphatic heterocycles. The van der Waals surface area contributed by atoms with Crippen molar-refractivity contribution < 1.29 is 9.72 Å². The summed E-state index contributed by atoms with van der Waals surface area (Å²) in [6.07, 6.45) is 0.767. The summed E-state index contributed by atoms with van der Waals surface area (Å²) in [6, 6.07) is 20.5. The molecule has 0 radical (unpaired) electrons. The van der Waals surface area contributed by atoms with E-state index >= 15 is 0 Å². The molecule has 0 unspecified atom stereocenters. The van der Waals surface area contributed by atoms with Gasteiger partial charge in [0.1, 0.15) is 0 Å². The molecule has 0 saturated heterocycles. The number of fused-ring (bicyclic) bond motifs is 3. The Hall–Kier alpha value is -2.74. The number of carbonyl (C=O) groups excluding carboxylic acids is 1. The van der Waals surface area contributed by atoms with Gasteiger partial charge in [0.25, 0.3) is 11.6 Å². The topological polar surface area (TPSA) is 75.5 Å². The van der Waals surface area contributed by atoms with Gasteiger partial charge in [0.15, 0.2) is 0 Å². The number of benzene rings is 3. The van der Waals surface area contributed by atoms with Gasteiger partial charge >= 0.3 is 0 Å². The van der Waals surface area contributed by atoms with Gasteiger partial charge in [-0.1, -0.05) is 35.9 Å². The van der Waals surface area contributed by atoms with E-state index in [1.165, 1.54) is 17.8 Å². The number of nitro groups is 1. The van der Waals surface area contributed by atoms with E-state index in [-0.39, 0.29) is 45.0 Å². The van der Waals surface area contributed by atoms with Crippen LogP contribution < -0.4 is 5.32 Å². The molecular weight excluding hydrogens is 541 g/mol. The third kappa shape index (κ3) is 4.99. The van der Waals surface area contributed by atoms with Gasteiger partial charge in [0.05, 0.1) is 21.2 Å². The summed E-state index contributed by atoms with van der Waals surface area (Å²) >= 11 is 14.9. The Morgan fingerprint density at radius 2 is 1.82 bits per heavy atom. The minimum Gasteiger partial charge on any atom is -0.378 e. The van der Waals surface area contributed by atoms with E-state index in [2.05, 4.69) is 5.32 Å². The summed E-state index contributed by atoms with van der Waals surface area (Å²) in [5.74, 6) is 0.104. The van der Waals surface area contributed by atoms with Gasteiger partial charge in [-0.3, -0.25) is 14.9 Å². The first kappa shape index (κ1) is 26.9. The third-order valence-corrected chi connectivity index (χ3v) is 10.0. The highest BCUT2D eigenvalue weighted by molar-refractivity contribution is 8.00. The molecule has 0 aromatic heterocycles. The second-order valence-electron chi connectivity index (χ2n) is 9.70. The van der Waals surface area contributed by atoms with Crippen molar-refractivity contribution in [2.75, 3.05) is 18.4 Å². The van der Waals surface area contributed by atoms with E-state index < -0.39 is 0 Å². The maximum atomic E-state index is 13.2. The molecule has 1 heterocycles. The molecule has 3 aromatic carbocycles.